The van der Waals surface area contributed by atoms with Crippen molar-refractivity contribution >= 4 is 34.3 Å². The van der Waals surface area contributed by atoms with E-state index in [1.54, 1.807) is 11.8 Å². The third-order valence-corrected chi connectivity index (χ3v) is 3.93. The van der Waals surface area contributed by atoms with Crippen LogP contribution in [-0.4, -0.2) is 21.5 Å². The summed E-state index contributed by atoms with van der Waals surface area (Å²) in [6, 6.07) is 7.49. The van der Waals surface area contributed by atoms with E-state index in [0.717, 1.165) is 23.6 Å². The molecular weight excluding hydrogens is 278 g/mol. The molecular formula is C13H15N3OS2. The van der Waals surface area contributed by atoms with Crippen molar-refractivity contribution in [3.63, 3.8) is 0 Å². The molecule has 2 rings (SSSR count). The van der Waals surface area contributed by atoms with Crippen molar-refractivity contribution in [2.45, 2.75) is 24.7 Å². The van der Waals surface area contributed by atoms with Gasteiger partial charge in [-0.25, -0.2) is 4.98 Å². The SMILES string of the molecule is CCCc1nsc(NC(=O)c2ccc(SC)cc2)n1. The number of rotatable bonds is 5. The minimum absolute atomic E-state index is 0.146. The molecule has 6 heteroatoms. The van der Waals surface area contributed by atoms with E-state index in [4.69, 9.17) is 0 Å². The summed E-state index contributed by atoms with van der Waals surface area (Å²) in [5, 5.41) is 3.33. The third kappa shape index (κ3) is 3.78. The first-order valence-electron chi connectivity index (χ1n) is 6.01. The predicted octanol–water partition coefficient (Wildman–Crippen LogP) is 3.46. The van der Waals surface area contributed by atoms with Crippen molar-refractivity contribution in [1.82, 2.24) is 9.36 Å². The van der Waals surface area contributed by atoms with Crippen LogP contribution >= 0.6 is 23.3 Å². The number of carbonyl (C=O) groups is 1. The van der Waals surface area contributed by atoms with Gasteiger partial charge in [-0.3, -0.25) is 10.1 Å². The first-order chi connectivity index (χ1) is 9.22. The molecule has 1 N–H and O–H groups in total. The van der Waals surface area contributed by atoms with Crippen molar-refractivity contribution in [1.29, 1.82) is 0 Å². The van der Waals surface area contributed by atoms with Gasteiger partial charge >= 0.3 is 0 Å². The van der Waals surface area contributed by atoms with Gasteiger partial charge < -0.3 is 0 Å². The van der Waals surface area contributed by atoms with E-state index in [1.165, 1.54) is 11.5 Å². The van der Waals surface area contributed by atoms with E-state index in [2.05, 4.69) is 21.6 Å². The normalized spacial score (nSPS) is 10.4. The molecule has 0 bridgehead atoms. The molecule has 0 aliphatic rings. The number of nitrogens with zero attached hydrogens (tertiary/aromatic N) is 2. The van der Waals surface area contributed by atoms with Crippen LogP contribution in [0.1, 0.15) is 29.5 Å². The Morgan fingerprint density at radius 3 is 2.74 bits per heavy atom. The van der Waals surface area contributed by atoms with Crippen molar-refractivity contribution in [3.8, 4) is 0 Å². The standard InChI is InChI=1S/C13H15N3OS2/c1-3-4-11-14-13(19-16-11)15-12(17)9-5-7-10(18-2)8-6-9/h5-8H,3-4H2,1-2H3,(H,14,15,16,17). The molecule has 0 aliphatic heterocycles. The van der Waals surface area contributed by atoms with Gasteiger partial charge in [0.25, 0.3) is 5.91 Å². The Balaban J connectivity index is 2.02. The number of anilines is 1. The second-order valence-corrected chi connectivity index (χ2v) is 5.58. The highest BCUT2D eigenvalue weighted by Gasteiger charge is 2.09. The molecule has 0 fully saturated rings. The van der Waals surface area contributed by atoms with Crippen molar-refractivity contribution in [2.75, 3.05) is 11.6 Å². The molecule has 2 aromatic rings. The first kappa shape index (κ1) is 14.0. The van der Waals surface area contributed by atoms with Gasteiger partial charge in [0.2, 0.25) is 5.13 Å². The van der Waals surface area contributed by atoms with Crippen LogP contribution in [0.5, 0.6) is 0 Å². The fourth-order valence-corrected chi connectivity index (χ4v) is 2.56. The Bertz CT molecular complexity index is 551. The molecule has 0 radical (unpaired) electrons. The van der Waals surface area contributed by atoms with E-state index in [0.29, 0.717) is 10.7 Å². The number of carbonyl (C=O) groups excluding carboxylic acids is 1. The van der Waals surface area contributed by atoms with Gasteiger partial charge in [-0.2, -0.15) is 4.37 Å². The largest absolute Gasteiger partial charge is 0.297 e. The van der Waals surface area contributed by atoms with Crippen molar-refractivity contribution in [2.24, 2.45) is 0 Å². The number of hydrogen-bond acceptors (Lipinski definition) is 5. The third-order valence-electron chi connectivity index (χ3n) is 2.51. The molecule has 0 unspecified atom stereocenters. The molecule has 19 heavy (non-hydrogen) atoms. The van der Waals surface area contributed by atoms with E-state index >= 15 is 0 Å². The average Bonchev–Trinajstić information content (AvgIpc) is 2.86. The zero-order valence-electron chi connectivity index (χ0n) is 10.8. The van der Waals surface area contributed by atoms with Crippen LogP contribution in [0.2, 0.25) is 0 Å². The summed E-state index contributed by atoms with van der Waals surface area (Å²) in [5.74, 6) is 0.646. The molecule has 1 heterocycles. The van der Waals surface area contributed by atoms with Crippen molar-refractivity contribution in [3.05, 3.63) is 35.7 Å². The summed E-state index contributed by atoms with van der Waals surface area (Å²) in [6.45, 7) is 2.08. The maximum atomic E-state index is 12.0. The van der Waals surface area contributed by atoms with Gasteiger partial charge in [0.1, 0.15) is 5.82 Å². The van der Waals surface area contributed by atoms with Crippen molar-refractivity contribution < 1.29 is 4.79 Å². The lowest BCUT2D eigenvalue weighted by atomic mass is 10.2. The number of benzene rings is 1. The monoisotopic (exact) mass is 293 g/mol. The molecule has 1 amide bonds. The summed E-state index contributed by atoms with van der Waals surface area (Å²) in [4.78, 5) is 17.4. The summed E-state index contributed by atoms with van der Waals surface area (Å²) >= 11 is 2.87. The summed E-state index contributed by atoms with van der Waals surface area (Å²) < 4.78 is 4.19. The number of amides is 1. The Hall–Kier alpha value is -1.40. The fraction of sp³-hybridized carbons (Fsp3) is 0.308. The fourth-order valence-electron chi connectivity index (χ4n) is 1.54. The van der Waals surface area contributed by atoms with Crippen LogP contribution in [0, 0.1) is 0 Å². The highest BCUT2D eigenvalue weighted by atomic mass is 32.2. The lowest BCUT2D eigenvalue weighted by Gasteiger charge is -2.02. The van der Waals surface area contributed by atoms with Gasteiger partial charge in [0, 0.05) is 28.4 Å². The van der Waals surface area contributed by atoms with Crippen LogP contribution in [0.3, 0.4) is 0 Å². The minimum atomic E-state index is -0.146. The molecule has 4 nitrogen and oxygen atoms in total. The van der Waals surface area contributed by atoms with E-state index < -0.39 is 0 Å². The molecule has 1 aromatic carbocycles. The van der Waals surface area contributed by atoms with Gasteiger partial charge in [-0.15, -0.1) is 11.8 Å². The van der Waals surface area contributed by atoms with Crippen LogP contribution < -0.4 is 5.32 Å². The molecule has 1 aromatic heterocycles. The van der Waals surface area contributed by atoms with E-state index in [-0.39, 0.29) is 5.91 Å². The number of thioether (sulfide) groups is 1. The molecule has 0 saturated heterocycles. The van der Waals surface area contributed by atoms with Crippen LogP contribution in [-0.2, 0) is 6.42 Å². The highest BCUT2D eigenvalue weighted by molar-refractivity contribution is 7.98. The topological polar surface area (TPSA) is 54.9 Å². The molecule has 100 valence electrons. The lowest BCUT2D eigenvalue weighted by Crippen LogP contribution is -2.11. The zero-order valence-corrected chi connectivity index (χ0v) is 12.5. The van der Waals surface area contributed by atoms with Crippen LogP contribution in [0.4, 0.5) is 5.13 Å². The van der Waals surface area contributed by atoms with Gasteiger partial charge in [0.15, 0.2) is 0 Å². The number of aryl methyl sites for hydroxylation is 1. The van der Waals surface area contributed by atoms with E-state index in [9.17, 15) is 4.79 Å². The smallest absolute Gasteiger partial charge is 0.257 e. The van der Waals surface area contributed by atoms with Gasteiger partial charge in [-0.1, -0.05) is 6.92 Å². The molecule has 0 spiro atoms. The molecule has 0 saturated carbocycles. The first-order valence-corrected chi connectivity index (χ1v) is 8.00. The Labute approximate surface area is 120 Å². The quantitative estimate of drug-likeness (QED) is 0.858. The van der Waals surface area contributed by atoms with Crippen LogP contribution in [0.15, 0.2) is 29.2 Å². The predicted molar refractivity (Wildman–Crippen MR) is 80.1 cm³/mol. The summed E-state index contributed by atoms with van der Waals surface area (Å²) in [6.07, 6.45) is 3.85. The second-order valence-electron chi connectivity index (χ2n) is 3.95. The number of nitrogens with one attached hydrogen (secondary N) is 1. The number of hydrogen-bond donors (Lipinski definition) is 1. The summed E-state index contributed by atoms with van der Waals surface area (Å²) in [5.41, 5.74) is 0.630. The Kier molecular flexibility index (Phi) is 4.93. The average molecular weight is 293 g/mol. The highest BCUT2D eigenvalue weighted by Crippen LogP contribution is 2.17. The lowest BCUT2D eigenvalue weighted by molar-refractivity contribution is 0.102. The van der Waals surface area contributed by atoms with Gasteiger partial charge in [-0.05, 0) is 36.9 Å². The second kappa shape index (κ2) is 6.68. The zero-order chi connectivity index (χ0) is 13.7. The maximum absolute atomic E-state index is 12.0. The molecule has 0 atom stereocenters. The summed E-state index contributed by atoms with van der Waals surface area (Å²) in [7, 11) is 0. The van der Waals surface area contributed by atoms with Gasteiger partial charge in [0.05, 0.1) is 0 Å². The Morgan fingerprint density at radius 1 is 1.37 bits per heavy atom. The maximum Gasteiger partial charge on any atom is 0.257 e. The molecule has 0 aliphatic carbocycles. The minimum Gasteiger partial charge on any atom is -0.297 e. The van der Waals surface area contributed by atoms with E-state index in [1.807, 2.05) is 30.5 Å². The Morgan fingerprint density at radius 2 is 2.11 bits per heavy atom. The number of aromatic nitrogens is 2. The van der Waals surface area contributed by atoms with Crippen LogP contribution in [0.25, 0.3) is 0 Å².